The monoisotopic (exact) mass is 139 g/mol. The van der Waals surface area contributed by atoms with Crippen molar-refractivity contribution in [3.05, 3.63) is 17.5 Å². The number of alkyl halides is 1. The summed E-state index contributed by atoms with van der Waals surface area (Å²) in [5, 5.41) is 12.1. The van der Waals surface area contributed by atoms with Crippen molar-refractivity contribution >= 4 is 0 Å². The van der Waals surface area contributed by atoms with Crippen LogP contribution >= 0.6 is 0 Å². The first kappa shape index (κ1) is 6.75. The lowest BCUT2D eigenvalue weighted by molar-refractivity contribution is 0.470. The average Bonchev–Trinajstić information content (AvgIpc) is 2.30. The second-order valence-electron chi connectivity index (χ2n) is 1.91. The van der Waals surface area contributed by atoms with Crippen molar-refractivity contribution in [3.63, 3.8) is 0 Å². The Morgan fingerprint density at radius 3 is 3.00 bits per heavy atom. The van der Waals surface area contributed by atoms with E-state index in [4.69, 9.17) is 5.26 Å². The lowest BCUT2D eigenvalue weighted by Crippen LogP contribution is -1.88. The number of nitrogens with zero attached hydrogens (tertiary/aromatic N) is 3. The van der Waals surface area contributed by atoms with Crippen LogP contribution in [0.15, 0.2) is 6.20 Å². The summed E-state index contributed by atoms with van der Waals surface area (Å²) in [6.07, 6.45) is 1.49. The van der Waals surface area contributed by atoms with Crippen molar-refractivity contribution in [2.75, 3.05) is 0 Å². The maximum Gasteiger partial charge on any atom is 0.135 e. The molecule has 1 aromatic rings. The Morgan fingerprint density at radius 2 is 2.60 bits per heavy atom. The molecule has 0 radical (unpaired) electrons. The molecule has 1 aromatic heterocycles. The molecular formula is C6H6FN3. The minimum Gasteiger partial charge on any atom is -0.274 e. The molecule has 1 heterocycles. The van der Waals surface area contributed by atoms with Gasteiger partial charge in [-0.2, -0.15) is 10.4 Å². The third kappa shape index (κ3) is 0.982. The first-order valence-electron chi connectivity index (χ1n) is 2.76. The quantitative estimate of drug-likeness (QED) is 0.576. The number of nitriles is 1. The summed E-state index contributed by atoms with van der Waals surface area (Å²) in [5.74, 6) is 0. The fourth-order valence-electron chi connectivity index (χ4n) is 0.727. The van der Waals surface area contributed by atoms with Crippen molar-refractivity contribution in [1.29, 1.82) is 5.26 Å². The van der Waals surface area contributed by atoms with Crippen molar-refractivity contribution in [2.24, 2.45) is 7.05 Å². The number of rotatable bonds is 1. The van der Waals surface area contributed by atoms with Crippen molar-refractivity contribution < 1.29 is 4.39 Å². The van der Waals surface area contributed by atoms with Gasteiger partial charge in [0, 0.05) is 13.2 Å². The van der Waals surface area contributed by atoms with Gasteiger partial charge >= 0.3 is 0 Å². The fourth-order valence-corrected chi connectivity index (χ4v) is 0.727. The van der Waals surface area contributed by atoms with E-state index in [-0.39, 0.29) is 5.69 Å². The number of aryl methyl sites for hydroxylation is 1. The normalized spacial score (nSPS) is 9.30. The van der Waals surface area contributed by atoms with E-state index < -0.39 is 6.67 Å². The Morgan fingerprint density at radius 1 is 1.90 bits per heavy atom. The van der Waals surface area contributed by atoms with Crippen LogP contribution in [-0.2, 0) is 13.7 Å². The van der Waals surface area contributed by atoms with Crippen LogP contribution in [0.1, 0.15) is 11.3 Å². The highest BCUT2D eigenvalue weighted by Crippen LogP contribution is 2.04. The average molecular weight is 139 g/mol. The van der Waals surface area contributed by atoms with E-state index in [0.717, 1.165) is 0 Å². The number of halogens is 1. The Kier molecular flexibility index (Phi) is 1.67. The summed E-state index contributed by atoms with van der Waals surface area (Å²) in [6.45, 7) is -0.677. The minimum absolute atomic E-state index is 0.213. The molecule has 0 bridgehead atoms. The molecule has 10 heavy (non-hydrogen) atoms. The molecule has 0 spiro atoms. The summed E-state index contributed by atoms with van der Waals surface area (Å²) in [4.78, 5) is 0. The maximum absolute atomic E-state index is 12.0. The van der Waals surface area contributed by atoms with Gasteiger partial charge in [-0.3, -0.25) is 4.68 Å². The zero-order valence-corrected chi connectivity index (χ0v) is 5.50. The Hall–Kier alpha value is -1.37. The molecular weight excluding hydrogens is 133 g/mol. The predicted molar refractivity (Wildman–Crippen MR) is 32.7 cm³/mol. The molecule has 0 N–H and O–H groups in total. The van der Waals surface area contributed by atoms with E-state index in [9.17, 15) is 4.39 Å². The van der Waals surface area contributed by atoms with Gasteiger partial charge in [0.05, 0.1) is 5.56 Å². The predicted octanol–water partition coefficient (Wildman–Crippen LogP) is 0.761. The summed E-state index contributed by atoms with van der Waals surface area (Å²) in [6, 6.07) is 1.84. The molecule has 0 saturated carbocycles. The highest BCUT2D eigenvalue weighted by molar-refractivity contribution is 5.30. The highest BCUT2D eigenvalue weighted by Gasteiger charge is 2.04. The molecule has 0 fully saturated rings. The van der Waals surface area contributed by atoms with E-state index in [2.05, 4.69) is 5.10 Å². The molecule has 0 aliphatic rings. The molecule has 0 aromatic carbocycles. The molecule has 0 aliphatic carbocycles. The number of aromatic nitrogens is 2. The first-order valence-corrected chi connectivity index (χ1v) is 2.76. The van der Waals surface area contributed by atoms with Crippen LogP contribution in [0, 0.1) is 11.3 Å². The highest BCUT2D eigenvalue weighted by atomic mass is 19.1. The van der Waals surface area contributed by atoms with Crippen molar-refractivity contribution in [3.8, 4) is 6.07 Å². The summed E-state index contributed by atoms with van der Waals surface area (Å²) >= 11 is 0. The fraction of sp³-hybridized carbons (Fsp3) is 0.333. The van der Waals surface area contributed by atoms with E-state index in [1.807, 2.05) is 6.07 Å². The van der Waals surface area contributed by atoms with Crippen LogP contribution in [0.3, 0.4) is 0 Å². The van der Waals surface area contributed by atoms with Crippen LogP contribution < -0.4 is 0 Å². The molecule has 0 atom stereocenters. The van der Waals surface area contributed by atoms with Gasteiger partial charge in [-0.25, -0.2) is 4.39 Å². The molecule has 0 amide bonds. The van der Waals surface area contributed by atoms with Gasteiger partial charge in [0.2, 0.25) is 0 Å². The van der Waals surface area contributed by atoms with Crippen LogP contribution in [0.25, 0.3) is 0 Å². The zero-order chi connectivity index (χ0) is 7.56. The van der Waals surface area contributed by atoms with E-state index in [1.54, 1.807) is 7.05 Å². The third-order valence-electron chi connectivity index (χ3n) is 1.15. The number of hydrogen-bond acceptors (Lipinski definition) is 2. The minimum atomic E-state index is -0.677. The summed E-state index contributed by atoms with van der Waals surface area (Å²) in [5.41, 5.74) is 0.523. The molecule has 1 rings (SSSR count). The Labute approximate surface area is 57.7 Å². The van der Waals surface area contributed by atoms with Gasteiger partial charge in [0.15, 0.2) is 0 Å². The smallest absolute Gasteiger partial charge is 0.135 e. The van der Waals surface area contributed by atoms with Gasteiger partial charge in [-0.1, -0.05) is 0 Å². The topological polar surface area (TPSA) is 41.6 Å². The second-order valence-corrected chi connectivity index (χ2v) is 1.91. The molecule has 3 nitrogen and oxygen atoms in total. The van der Waals surface area contributed by atoms with Gasteiger partial charge < -0.3 is 0 Å². The third-order valence-corrected chi connectivity index (χ3v) is 1.15. The van der Waals surface area contributed by atoms with Crippen molar-refractivity contribution in [2.45, 2.75) is 6.67 Å². The lowest BCUT2D eigenvalue weighted by Gasteiger charge is -1.82. The van der Waals surface area contributed by atoms with Gasteiger partial charge in [0.1, 0.15) is 18.4 Å². The molecule has 0 unspecified atom stereocenters. The van der Waals surface area contributed by atoms with E-state index in [1.165, 1.54) is 10.9 Å². The standard InChI is InChI=1S/C6H6FN3/c1-10-4-5(3-8)6(2-7)9-10/h4H,2H2,1H3. The molecule has 4 heteroatoms. The second kappa shape index (κ2) is 2.48. The van der Waals surface area contributed by atoms with Gasteiger partial charge in [0.25, 0.3) is 0 Å². The lowest BCUT2D eigenvalue weighted by atomic mass is 10.3. The van der Waals surface area contributed by atoms with Crippen LogP contribution in [0.5, 0.6) is 0 Å². The van der Waals surface area contributed by atoms with Crippen LogP contribution in [0.4, 0.5) is 4.39 Å². The van der Waals surface area contributed by atoms with Crippen LogP contribution in [0.2, 0.25) is 0 Å². The summed E-state index contributed by atoms with van der Waals surface area (Å²) in [7, 11) is 1.65. The Balaban J connectivity index is 3.12. The summed E-state index contributed by atoms with van der Waals surface area (Å²) < 4.78 is 13.4. The van der Waals surface area contributed by atoms with E-state index >= 15 is 0 Å². The first-order chi connectivity index (χ1) is 4.77. The molecule has 0 saturated heterocycles. The Bertz CT molecular complexity index is 271. The van der Waals surface area contributed by atoms with Crippen molar-refractivity contribution in [1.82, 2.24) is 9.78 Å². The number of hydrogen-bond donors (Lipinski definition) is 0. The van der Waals surface area contributed by atoms with Gasteiger partial charge in [-0.15, -0.1) is 0 Å². The van der Waals surface area contributed by atoms with Gasteiger partial charge in [-0.05, 0) is 0 Å². The maximum atomic E-state index is 12.0. The largest absolute Gasteiger partial charge is 0.274 e. The van der Waals surface area contributed by atoms with Crippen LogP contribution in [-0.4, -0.2) is 9.78 Å². The van der Waals surface area contributed by atoms with E-state index in [0.29, 0.717) is 5.56 Å². The SMILES string of the molecule is Cn1cc(C#N)c(CF)n1. The zero-order valence-electron chi connectivity index (χ0n) is 5.50. The molecule has 0 aliphatic heterocycles. The molecule has 52 valence electrons.